The molecule has 0 bridgehead atoms. The van der Waals surface area contributed by atoms with Crippen LogP contribution in [0.2, 0.25) is 10.2 Å². The lowest BCUT2D eigenvalue weighted by molar-refractivity contribution is -0.118. The van der Waals surface area contributed by atoms with Crippen molar-refractivity contribution in [1.29, 1.82) is 0 Å². The minimum absolute atomic E-state index is 0.0634. The number of benzene rings is 1. The van der Waals surface area contributed by atoms with Crippen molar-refractivity contribution in [2.24, 2.45) is 0 Å². The van der Waals surface area contributed by atoms with Crippen LogP contribution in [0.25, 0.3) is 0 Å². The lowest BCUT2D eigenvalue weighted by Crippen LogP contribution is -2.25. The number of rotatable bonds is 2. The van der Waals surface area contributed by atoms with Crippen LogP contribution in [-0.4, -0.2) is 22.5 Å². The fourth-order valence-electron chi connectivity index (χ4n) is 1.66. The van der Waals surface area contributed by atoms with Gasteiger partial charge in [0.05, 0.1) is 5.02 Å². The zero-order valence-electron chi connectivity index (χ0n) is 9.89. The fraction of sp³-hybridized carbons (Fsp3) is 0.0833. The monoisotopic (exact) mass is 311 g/mol. The van der Waals surface area contributed by atoms with Gasteiger partial charge in [0.1, 0.15) is 28.7 Å². The topological polar surface area (TPSA) is 73.3 Å². The molecule has 3 rings (SSSR count). The zero-order valence-corrected chi connectivity index (χ0v) is 11.4. The molecular formula is C12H7Cl2N3O3. The first-order valence-corrected chi connectivity index (χ1v) is 6.29. The summed E-state index contributed by atoms with van der Waals surface area (Å²) in [6.07, 6.45) is 1.29. The number of fused-ring (bicyclic) bond motifs is 1. The number of halogens is 2. The highest BCUT2D eigenvalue weighted by Crippen LogP contribution is 2.39. The number of ether oxygens (including phenoxy) is 2. The van der Waals surface area contributed by atoms with Gasteiger partial charge in [-0.3, -0.25) is 4.79 Å². The van der Waals surface area contributed by atoms with E-state index < -0.39 is 0 Å². The molecule has 0 spiro atoms. The zero-order chi connectivity index (χ0) is 14.1. The van der Waals surface area contributed by atoms with Crippen molar-refractivity contribution >= 4 is 34.8 Å². The number of nitrogens with one attached hydrogen (secondary N) is 1. The van der Waals surface area contributed by atoms with Crippen molar-refractivity contribution in [1.82, 2.24) is 9.97 Å². The molecule has 1 aromatic carbocycles. The SMILES string of the molecule is O=C1COc2cc(Oc3cc(Cl)ncn3)cc(Cl)c2N1. The van der Waals surface area contributed by atoms with E-state index in [0.717, 1.165) is 0 Å². The second-order valence-electron chi connectivity index (χ2n) is 3.90. The number of hydrogen-bond donors (Lipinski definition) is 1. The molecule has 2 heterocycles. The Balaban J connectivity index is 1.92. The van der Waals surface area contributed by atoms with E-state index in [4.69, 9.17) is 32.7 Å². The van der Waals surface area contributed by atoms with E-state index in [1.54, 1.807) is 12.1 Å². The third-order valence-corrected chi connectivity index (χ3v) is 2.99. The predicted octanol–water partition coefficient (Wildman–Crippen LogP) is 2.91. The van der Waals surface area contributed by atoms with Gasteiger partial charge >= 0.3 is 0 Å². The Bertz CT molecular complexity index is 694. The van der Waals surface area contributed by atoms with Gasteiger partial charge in [0.25, 0.3) is 5.91 Å². The lowest BCUT2D eigenvalue weighted by Gasteiger charge is -2.19. The molecule has 1 amide bonds. The van der Waals surface area contributed by atoms with E-state index in [-0.39, 0.29) is 23.5 Å². The summed E-state index contributed by atoms with van der Waals surface area (Å²) >= 11 is 11.8. The van der Waals surface area contributed by atoms with Crippen molar-refractivity contribution < 1.29 is 14.3 Å². The molecule has 1 aromatic heterocycles. The predicted molar refractivity (Wildman–Crippen MR) is 72.7 cm³/mol. The first kappa shape index (κ1) is 13.0. The van der Waals surface area contributed by atoms with Crippen LogP contribution in [0.3, 0.4) is 0 Å². The molecule has 0 aliphatic carbocycles. The Morgan fingerprint density at radius 1 is 1.25 bits per heavy atom. The summed E-state index contributed by atoms with van der Waals surface area (Å²) in [5, 5.41) is 3.21. The molecule has 0 saturated carbocycles. The Morgan fingerprint density at radius 2 is 2.10 bits per heavy atom. The maximum atomic E-state index is 11.2. The Hall–Kier alpha value is -2.05. The summed E-state index contributed by atoms with van der Waals surface area (Å²) < 4.78 is 10.8. The summed E-state index contributed by atoms with van der Waals surface area (Å²) in [5.74, 6) is 0.878. The van der Waals surface area contributed by atoms with Crippen molar-refractivity contribution in [2.75, 3.05) is 11.9 Å². The van der Waals surface area contributed by atoms with Gasteiger partial charge in [0.15, 0.2) is 6.61 Å². The molecule has 1 aliphatic heterocycles. The highest BCUT2D eigenvalue weighted by atomic mass is 35.5. The first-order valence-electron chi connectivity index (χ1n) is 5.53. The van der Waals surface area contributed by atoms with Crippen LogP contribution >= 0.6 is 23.2 Å². The average Bonchev–Trinajstić information content (AvgIpc) is 2.40. The van der Waals surface area contributed by atoms with E-state index >= 15 is 0 Å². The van der Waals surface area contributed by atoms with Crippen LogP contribution in [0.5, 0.6) is 17.4 Å². The van der Waals surface area contributed by atoms with Gasteiger partial charge in [-0.1, -0.05) is 23.2 Å². The summed E-state index contributed by atoms with van der Waals surface area (Å²) in [4.78, 5) is 18.9. The number of amides is 1. The third kappa shape index (κ3) is 2.61. The van der Waals surface area contributed by atoms with E-state index in [9.17, 15) is 4.79 Å². The van der Waals surface area contributed by atoms with Gasteiger partial charge < -0.3 is 14.8 Å². The van der Waals surface area contributed by atoms with Crippen LogP contribution in [0.15, 0.2) is 24.5 Å². The molecule has 0 unspecified atom stereocenters. The van der Waals surface area contributed by atoms with Crippen molar-refractivity contribution in [2.45, 2.75) is 0 Å². The van der Waals surface area contributed by atoms with E-state index in [0.29, 0.717) is 22.2 Å². The molecule has 0 fully saturated rings. The molecular weight excluding hydrogens is 305 g/mol. The van der Waals surface area contributed by atoms with Crippen LogP contribution in [0.4, 0.5) is 5.69 Å². The fourth-order valence-corrected chi connectivity index (χ4v) is 2.05. The smallest absolute Gasteiger partial charge is 0.262 e. The minimum atomic E-state index is -0.254. The molecule has 2 aromatic rings. The van der Waals surface area contributed by atoms with Crippen LogP contribution in [-0.2, 0) is 4.79 Å². The van der Waals surface area contributed by atoms with Crippen molar-refractivity contribution in [3.8, 4) is 17.4 Å². The number of anilines is 1. The molecule has 102 valence electrons. The quantitative estimate of drug-likeness (QED) is 0.863. The van der Waals surface area contributed by atoms with Gasteiger partial charge in [-0.25, -0.2) is 9.97 Å². The minimum Gasteiger partial charge on any atom is -0.481 e. The Kier molecular flexibility index (Phi) is 3.33. The third-order valence-electron chi connectivity index (χ3n) is 2.48. The van der Waals surface area contributed by atoms with Crippen LogP contribution < -0.4 is 14.8 Å². The second kappa shape index (κ2) is 5.15. The van der Waals surface area contributed by atoms with Crippen LogP contribution in [0.1, 0.15) is 0 Å². The van der Waals surface area contributed by atoms with Gasteiger partial charge in [-0.05, 0) is 0 Å². The largest absolute Gasteiger partial charge is 0.481 e. The number of nitrogens with zero attached hydrogens (tertiary/aromatic N) is 2. The van der Waals surface area contributed by atoms with E-state index in [1.165, 1.54) is 12.4 Å². The number of hydrogen-bond acceptors (Lipinski definition) is 5. The Morgan fingerprint density at radius 3 is 2.90 bits per heavy atom. The highest BCUT2D eigenvalue weighted by molar-refractivity contribution is 6.34. The van der Waals surface area contributed by atoms with E-state index in [1.807, 2.05) is 0 Å². The number of aromatic nitrogens is 2. The van der Waals surface area contributed by atoms with Gasteiger partial charge in [-0.15, -0.1) is 0 Å². The first-order chi connectivity index (χ1) is 9.61. The maximum Gasteiger partial charge on any atom is 0.262 e. The number of carbonyl (C=O) groups excluding carboxylic acids is 1. The molecule has 8 heteroatoms. The molecule has 0 saturated heterocycles. The molecule has 20 heavy (non-hydrogen) atoms. The second-order valence-corrected chi connectivity index (χ2v) is 4.69. The van der Waals surface area contributed by atoms with E-state index in [2.05, 4.69) is 15.3 Å². The standard InChI is InChI=1S/C12H7Cl2N3O3/c13-7-1-6(20-11-3-9(14)15-5-16-11)2-8-12(7)17-10(18)4-19-8/h1-3,5H,4H2,(H,17,18). The summed E-state index contributed by atoms with van der Waals surface area (Å²) in [7, 11) is 0. The normalized spacial score (nSPS) is 13.2. The van der Waals surface area contributed by atoms with Gasteiger partial charge in [-0.2, -0.15) is 0 Å². The molecule has 6 nitrogen and oxygen atoms in total. The summed E-state index contributed by atoms with van der Waals surface area (Å²) in [6, 6.07) is 4.62. The van der Waals surface area contributed by atoms with Gasteiger partial charge in [0.2, 0.25) is 5.88 Å². The molecule has 1 N–H and O–H groups in total. The summed E-state index contributed by atoms with van der Waals surface area (Å²) in [6.45, 7) is -0.0634. The van der Waals surface area contributed by atoms with Gasteiger partial charge in [0, 0.05) is 18.2 Å². The molecule has 0 atom stereocenters. The number of carbonyl (C=O) groups is 1. The Labute approximate surface area is 123 Å². The lowest BCUT2D eigenvalue weighted by atomic mass is 10.2. The molecule has 1 aliphatic rings. The molecule has 0 radical (unpaired) electrons. The average molecular weight is 312 g/mol. The van der Waals surface area contributed by atoms with Crippen LogP contribution in [0, 0.1) is 0 Å². The highest BCUT2D eigenvalue weighted by Gasteiger charge is 2.20. The maximum absolute atomic E-state index is 11.2. The van der Waals surface area contributed by atoms with Crippen molar-refractivity contribution in [3.63, 3.8) is 0 Å². The summed E-state index contributed by atoms with van der Waals surface area (Å²) in [5.41, 5.74) is 0.427. The van der Waals surface area contributed by atoms with Crippen molar-refractivity contribution in [3.05, 3.63) is 34.7 Å².